The molecule has 1 aliphatic rings. The monoisotopic (exact) mass is 347 g/mol. The van der Waals surface area contributed by atoms with E-state index in [9.17, 15) is 22.0 Å². The molecule has 1 unspecified atom stereocenters. The number of carbonyl (C=O) groups excluding carboxylic acids is 1. The second-order valence-corrected chi connectivity index (χ2v) is 7.51. The minimum atomic E-state index is -3.73. The number of hydrogen-bond acceptors (Lipinski definition) is 3. The van der Waals surface area contributed by atoms with Crippen molar-refractivity contribution < 1.29 is 22.0 Å². The van der Waals surface area contributed by atoms with Crippen LogP contribution in [0.4, 0.5) is 8.78 Å². The Balaban J connectivity index is 2.10. The molecule has 0 radical (unpaired) electrons. The average Bonchev–Trinajstić information content (AvgIpc) is 2.45. The van der Waals surface area contributed by atoms with Gasteiger partial charge in [-0.1, -0.05) is 6.07 Å². The summed E-state index contributed by atoms with van der Waals surface area (Å²) in [5.41, 5.74) is 0.191. The second-order valence-electron chi connectivity index (χ2n) is 5.60. The summed E-state index contributed by atoms with van der Waals surface area (Å²) in [6.07, 6.45) is 0.976. The number of nitrogens with one attached hydrogen (secondary N) is 1. The van der Waals surface area contributed by atoms with Crippen molar-refractivity contribution >= 4 is 16.1 Å². The Bertz CT molecular complexity index is 695. The summed E-state index contributed by atoms with van der Waals surface area (Å²) >= 11 is 0. The maximum Gasteiger partial charge on any atom is 0.279 e. The highest BCUT2D eigenvalue weighted by atomic mass is 32.2. The minimum absolute atomic E-state index is 0.0227. The molecule has 1 amide bonds. The molecular weight excluding hydrogens is 328 g/mol. The van der Waals surface area contributed by atoms with Crippen molar-refractivity contribution in [1.82, 2.24) is 13.9 Å². The average molecular weight is 347 g/mol. The molecule has 23 heavy (non-hydrogen) atoms. The van der Waals surface area contributed by atoms with Gasteiger partial charge < -0.3 is 4.90 Å². The highest BCUT2D eigenvalue weighted by Crippen LogP contribution is 2.18. The van der Waals surface area contributed by atoms with Gasteiger partial charge in [-0.2, -0.15) is 17.4 Å². The van der Waals surface area contributed by atoms with E-state index in [1.165, 1.54) is 25.1 Å². The molecule has 1 atom stereocenters. The molecule has 1 aliphatic heterocycles. The molecule has 1 fully saturated rings. The molecule has 1 heterocycles. The van der Waals surface area contributed by atoms with Crippen molar-refractivity contribution in [2.45, 2.75) is 25.4 Å². The van der Waals surface area contributed by atoms with Crippen LogP contribution in [0.2, 0.25) is 0 Å². The molecule has 0 spiro atoms. The van der Waals surface area contributed by atoms with Crippen LogP contribution in [0.25, 0.3) is 0 Å². The van der Waals surface area contributed by atoms with Crippen molar-refractivity contribution in [3.05, 3.63) is 35.4 Å². The number of likely N-dealkylation sites (tertiary alicyclic amines) is 1. The van der Waals surface area contributed by atoms with Crippen molar-refractivity contribution in [1.29, 1.82) is 0 Å². The van der Waals surface area contributed by atoms with Gasteiger partial charge in [0.15, 0.2) is 0 Å². The van der Waals surface area contributed by atoms with Gasteiger partial charge in [-0.25, -0.2) is 8.78 Å². The van der Waals surface area contributed by atoms with Crippen molar-refractivity contribution in [2.75, 3.05) is 20.6 Å². The fourth-order valence-corrected chi connectivity index (χ4v) is 3.14. The zero-order chi connectivity index (χ0) is 17.2. The summed E-state index contributed by atoms with van der Waals surface area (Å²) < 4.78 is 53.6. The van der Waals surface area contributed by atoms with E-state index in [1.807, 2.05) is 0 Å². The van der Waals surface area contributed by atoms with Crippen LogP contribution in [0.1, 0.15) is 18.4 Å². The van der Waals surface area contributed by atoms with Crippen LogP contribution in [-0.4, -0.2) is 50.2 Å². The SMILES string of the molecule is CN(C)S(=O)(=O)NC1CCCN(Cc2ccc(F)cc2F)C1=O. The Labute approximate surface area is 134 Å². The molecule has 9 heteroatoms. The van der Waals surface area contributed by atoms with Gasteiger partial charge in [0.25, 0.3) is 10.2 Å². The van der Waals surface area contributed by atoms with Crippen LogP contribution < -0.4 is 4.72 Å². The number of carbonyl (C=O) groups is 1. The zero-order valence-electron chi connectivity index (χ0n) is 12.9. The summed E-state index contributed by atoms with van der Waals surface area (Å²) in [6.45, 7) is 0.376. The van der Waals surface area contributed by atoms with Gasteiger partial charge >= 0.3 is 0 Å². The molecular formula is C14H19F2N3O3S. The molecule has 1 saturated heterocycles. The highest BCUT2D eigenvalue weighted by Gasteiger charge is 2.32. The summed E-state index contributed by atoms with van der Waals surface area (Å²) in [5.74, 6) is -1.83. The van der Waals surface area contributed by atoms with Gasteiger partial charge in [-0.15, -0.1) is 0 Å². The Morgan fingerprint density at radius 1 is 1.35 bits per heavy atom. The van der Waals surface area contributed by atoms with E-state index >= 15 is 0 Å². The van der Waals surface area contributed by atoms with Crippen LogP contribution in [0, 0.1) is 11.6 Å². The smallest absolute Gasteiger partial charge is 0.279 e. The van der Waals surface area contributed by atoms with Crippen LogP contribution >= 0.6 is 0 Å². The second kappa shape index (κ2) is 6.90. The molecule has 2 rings (SSSR count). The van der Waals surface area contributed by atoms with E-state index in [-0.39, 0.29) is 12.1 Å². The summed E-state index contributed by atoms with van der Waals surface area (Å²) in [7, 11) is -1.00. The fourth-order valence-electron chi connectivity index (χ4n) is 2.35. The van der Waals surface area contributed by atoms with Crippen LogP contribution in [0.15, 0.2) is 18.2 Å². The summed E-state index contributed by atoms with van der Waals surface area (Å²) in [6, 6.07) is 2.29. The number of benzene rings is 1. The molecule has 1 aromatic rings. The first kappa shape index (κ1) is 17.8. The van der Waals surface area contributed by atoms with Gasteiger partial charge in [0.1, 0.15) is 17.7 Å². The number of halogens is 2. The number of nitrogens with zero attached hydrogens (tertiary/aromatic N) is 2. The van der Waals surface area contributed by atoms with Crippen LogP contribution in [0.3, 0.4) is 0 Å². The molecule has 0 bridgehead atoms. The first-order valence-electron chi connectivity index (χ1n) is 7.13. The van der Waals surface area contributed by atoms with Gasteiger partial charge in [-0.3, -0.25) is 4.79 Å². The third kappa shape index (κ3) is 4.24. The molecule has 0 saturated carbocycles. The van der Waals surface area contributed by atoms with E-state index in [0.29, 0.717) is 19.4 Å². The number of amides is 1. The first-order chi connectivity index (χ1) is 10.7. The molecule has 0 aliphatic carbocycles. The molecule has 128 valence electrons. The number of hydrogen-bond donors (Lipinski definition) is 1. The highest BCUT2D eigenvalue weighted by molar-refractivity contribution is 7.87. The van der Waals surface area contributed by atoms with E-state index in [0.717, 1.165) is 16.4 Å². The third-order valence-electron chi connectivity index (χ3n) is 3.68. The standard InChI is InChI=1S/C14H19F2N3O3S/c1-18(2)23(21,22)17-13-4-3-7-19(14(13)20)9-10-5-6-11(15)8-12(10)16/h5-6,8,13,17H,3-4,7,9H2,1-2H3. The van der Waals surface area contributed by atoms with E-state index < -0.39 is 33.8 Å². The lowest BCUT2D eigenvalue weighted by molar-refractivity contribution is -0.136. The Morgan fingerprint density at radius 3 is 2.65 bits per heavy atom. The maximum absolute atomic E-state index is 13.7. The van der Waals surface area contributed by atoms with Gasteiger partial charge in [0, 0.05) is 38.8 Å². The molecule has 0 aromatic heterocycles. The topological polar surface area (TPSA) is 69.7 Å². The lowest BCUT2D eigenvalue weighted by Gasteiger charge is -2.33. The predicted octanol–water partition coefficient (Wildman–Crippen LogP) is 0.852. The van der Waals surface area contributed by atoms with Crippen molar-refractivity contribution in [3.8, 4) is 0 Å². The Hall–Kier alpha value is -1.58. The number of rotatable bonds is 5. The zero-order valence-corrected chi connectivity index (χ0v) is 13.7. The lowest BCUT2D eigenvalue weighted by Crippen LogP contribution is -2.53. The Kier molecular flexibility index (Phi) is 5.33. The molecule has 1 N–H and O–H groups in total. The van der Waals surface area contributed by atoms with Gasteiger partial charge in [0.2, 0.25) is 5.91 Å². The maximum atomic E-state index is 13.7. The fraction of sp³-hybridized carbons (Fsp3) is 0.500. The Morgan fingerprint density at radius 2 is 2.04 bits per heavy atom. The van der Waals surface area contributed by atoms with E-state index in [1.54, 1.807) is 0 Å². The van der Waals surface area contributed by atoms with E-state index in [2.05, 4.69) is 4.72 Å². The quantitative estimate of drug-likeness (QED) is 0.859. The predicted molar refractivity (Wildman–Crippen MR) is 80.5 cm³/mol. The van der Waals surface area contributed by atoms with Gasteiger partial charge in [0.05, 0.1) is 0 Å². The lowest BCUT2D eigenvalue weighted by atomic mass is 10.0. The number of piperidine rings is 1. The summed E-state index contributed by atoms with van der Waals surface area (Å²) in [5, 5.41) is 0. The third-order valence-corrected chi connectivity index (χ3v) is 5.22. The molecule has 6 nitrogen and oxygen atoms in total. The largest absolute Gasteiger partial charge is 0.337 e. The molecule has 1 aromatic carbocycles. The minimum Gasteiger partial charge on any atom is -0.337 e. The normalized spacial score (nSPS) is 19.4. The van der Waals surface area contributed by atoms with Gasteiger partial charge in [-0.05, 0) is 18.9 Å². The van der Waals surface area contributed by atoms with E-state index in [4.69, 9.17) is 0 Å². The van der Waals surface area contributed by atoms with Crippen LogP contribution in [-0.2, 0) is 21.5 Å². The van der Waals surface area contributed by atoms with Crippen molar-refractivity contribution in [2.24, 2.45) is 0 Å². The van der Waals surface area contributed by atoms with Crippen molar-refractivity contribution in [3.63, 3.8) is 0 Å². The summed E-state index contributed by atoms with van der Waals surface area (Å²) in [4.78, 5) is 13.8. The van der Waals surface area contributed by atoms with Crippen LogP contribution in [0.5, 0.6) is 0 Å². The first-order valence-corrected chi connectivity index (χ1v) is 8.57.